The van der Waals surface area contributed by atoms with Crippen molar-refractivity contribution in [3.05, 3.63) is 100 Å². The normalized spacial score (nSPS) is 11.0. The zero-order valence-electron chi connectivity index (χ0n) is 17.5. The molecule has 0 saturated carbocycles. The van der Waals surface area contributed by atoms with E-state index < -0.39 is 47.1 Å². The number of ether oxygens (including phenoxy) is 1. The molecule has 34 heavy (non-hydrogen) atoms. The summed E-state index contributed by atoms with van der Waals surface area (Å²) < 4.78 is 79.7. The van der Waals surface area contributed by atoms with Gasteiger partial charge in [-0.05, 0) is 30.7 Å². The molecular weight excluding hydrogens is 461 g/mol. The van der Waals surface area contributed by atoms with Gasteiger partial charge in [0.25, 0.3) is 5.91 Å². The fourth-order valence-corrected chi connectivity index (χ4v) is 3.09. The van der Waals surface area contributed by atoms with E-state index in [0.717, 1.165) is 10.2 Å². The van der Waals surface area contributed by atoms with Crippen LogP contribution in [0.3, 0.4) is 0 Å². The molecule has 6 nitrogen and oxygen atoms in total. The molecule has 2 heterocycles. The van der Waals surface area contributed by atoms with E-state index in [1.54, 1.807) is 12.1 Å². The minimum Gasteiger partial charge on any atom is -0.485 e. The molecule has 0 aliphatic carbocycles. The van der Waals surface area contributed by atoms with E-state index in [9.17, 15) is 26.7 Å². The number of hydrogen-bond acceptors (Lipinski definition) is 4. The number of anilines is 1. The molecule has 4 aromatic rings. The van der Waals surface area contributed by atoms with E-state index in [4.69, 9.17) is 9.15 Å². The summed E-state index contributed by atoms with van der Waals surface area (Å²) in [5.74, 6) is -9.90. The van der Waals surface area contributed by atoms with Crippen LogP contribution in [0.15, 0.2) is 53.1 Å². The Labute approximate surface area is 189 Å². The average Bonchev–Trinajstić information content (AvgIpc) is 3.48. The minimum absolute atomic E-state index is 0.0250. The second-order valence-corrected chi connectivity index (χ2v) is 7.22. The maximum atomic E-state index is 13.9. The number of nitrogens with zero attached hydrogens (tertiary/aromatic N) is 2. The summed E-state index contributed by atoms with van der Waals surface area (Å²) in [6.45, 7) is 1.23. The Balaban J connectivity index is 1.40. The lowest BCUT2D eigenvalue weighted by atomic mass is 10.1. The molecule has 0 radical (unpaired) electrons. The standard InChI is InChI=1S/C23H16F5N3O3/c1-12-4-2-3-5-15(12)33-11-13-6-7-16(34-13)23(32)29-17-8-9-31(30-17)10-14-18(24)20(26)22(28)21(27)19(14)25/h2-9H,10-11H2,1H3,(H,29,30,32). The Bertz CT molecular complexity index is 1340. The fourth-order valence-electron chi connectivity index (χ4n) is 3.09. The van der Waals surface area contributed by atoms with E-state index in [1.807, 2.05) is 25.1 Å². The molecule has 1 N–H and O–H groups in total. The number of nitrogens with one attached hydrogen (secondary N) is 1. The first-order valence-electron chi connectivity index (χ1n) is 9.87. The third kappa shape index (κ3) is 4.63. The molecule has 0 unspecified atom stereocenters. The van der Waals surface area contributed by atoms with Gasteiger partial charge in [0, 0.05) is 12.3 Å². The summed E-state index contributed by atoms with van der Waals surface area (Å²) in [5.41, 5.74) is -0.116. The largest absolute Gasteiger partial charge is 0.485 e. The summed E-state index contributed by atoms with van der Waals surface area (Å²) in [6, 6.07) is 11.7. The Hall–Kier alpha value is -4.15. The van der Waals surface area contributed by atoms with Crippen molar-refractivity contribution in [3.63, 3.8) is 0 Å². The number of carbonyl (C=O) groups is 1. The average molecular weight is 477 g/mol. The highest BCUT2D eigenvalue weighted by Gasteiger charge is 2.26. The Morgan fingerprint density at radius 1 is 0.971 bits per heavy atom. The van der Waals surface area contributed by atoms with Crippen LogP contribution in [0.1, 0.15) is 27.4 Å². The molecule has 4 rings (SSSR count). The Kier molecular flexibility index (Phi) is 6.35. The van der Waals surface area contributed by atoms with Gasteiger partial charge in [0.1, 0.15) is 18.1 Å². The lowest BCUT2D eigenvalue weighted by molar-refractivity contribution is 0.0992. The maximum absolute atomic E-state index is 13.9. The van der Waals surface area contributed by atoms with Crippen molar-refractivity contribution in [3.8, 4) is 5.75 Å². The number of hydrogen-bond donors (Lipinski definition) is 1. The summed E-state index contributed by atoms with van der Waals surface area (Å²) in [7, 11) is 0. The van der Waals surface area contributed by atoms with Crippen LogP contribution >= 0.6 is 0 Å². The third-order valence-corrected chi connectivity index (χ3v) is 4.85. The summed E-state index contributed by atoms with van der Waals surface area (Å²) in [4.78, 5) is 12.4. The van der Waals surface area contributed by atoms with Crippen LogP contribution in [0.4, 0.5) is 27.8 Å². The number of furan rings is 1. The highest BCUT2D eigenvalue weighted by atomic mass is 19.2. The van der Waals surface area contributed by atoms with Crippen LogP contribution < -0.4 is 10.1 Å². The molecule has 0 fully saturated rings. The van der Waals surface area contributed by atoms with Gasteiger partial charge < -0.3 is 14.5 Å². The van der Waals surface area contributed by atoms with Crippen molar-refractivity contribution in [2.75, 3.05) is 5.32 Å². The van der Waals surface area contributed by atoms with Crippen molar-refractivity contribution in [2.45, 2.75) is 20.1 Å². The van der Waals surface area contributed by atoms with Crippen LogP contribution in [-0.4, -0.2) is 15.7 Å². The van der Waals surface area contributed by atoms with Crippen molar-refractivity contribution >= 4 is 11.7 Å². The van der Waals surface area contributed by atoms with Crippen LogP contribution in [0.5, 0.6) is 5.75 Å². The van der Waals surface area contributed by atoms with E-state index >= 15 is 0 Å². The molecule has 0 bridgehead atoms. The molecule has 0 saturated heterocycles. The van der Waals surface area contributed by atoms with E-state index in [1.165, 1.54) is 18.3 Å². The monoisotopic (exact) mass is 477 g/mol. The molecule has 0 aliphatic heterocycles. The molecule has 0 aliphatic rings. The number of amides is 1. The maximum Gasteiger partial charge on any atom is 0.292 e. The van der Waals surface area contributed by atoms with Crippen LogP contribution in [-0.2, 0) is 13.2 Å². The summed E-state index contributed by atoms with van der Waals surface area (Å²) in [6.07, 6.45) is 1.21. The smallest absolute Gasteiger partial charge is 0.292 e. The highest BCUT2D eigenvalue weighted by Crippen LogP contribution is 2.24. The number of benzene rings is 2. The Morgan fingerprint density at radius 2 is 1.65 bits per heavy atom. The zero-order valence-corrected chi connectivity index (χ0v) is 17.5. The van der Waals surface area contributed by atoms with Crippen LogP contribution in [0.25, 0.3) is 0 Å². The van der Waals surface area contributed by atoms with Gasteiger partial charge in [-0.2, -0.15) is 5.10 Å². The Morgan fingerprint density at radius 3 is 2.35 bits per heavy atom. The van der Waals surface area contributed by atoms with Gasteiger partial charge in [-0.1, -0.05) is 18.2 Å². The number of para-hydroxylation sites is 1. The minimum atomic E-state index is -2.24. The molecule has 176 valence electrons. The number of carbonyl (C=O) groups excluding carboxylic acids is 1. The number of aromatic nitrogens is 2. The third-order valence-electron chi connectivity index (χ3n) is 4.85. The molecule has 1 amide bonds. The van der Waals surface area contributed by atoms with Crippen molar-refractivity contribution in [1.82, 2.24) is 9.78 Å². The van der Waals surface area contributed by atoms with Crippen molar-refractivity contribution in [1.29, 1.82) is 0 Å². The number of rotatable bonds is 7. The van der Waals surface area contributed by atoms with E-state index in [2.05, 4.69) is 10.4 Å². The summed E-state index contributed by atoms with van der Waals surface area (Å²) in [5, 5.41) is 6.29. The summed E-state index contributed by atoms with van der Waals surface area (Å²) >= 11 is 0. The second kappa shape index (κ2) is 9.38. The molecule has 11 heteroatoms. The lowest BCUT2D eigenvalue weighted by Crippen LogP contribution is -2.13. The molecule has 2 aromatic carbocycles. The van der Waals surface area contributed by atoms with Crippen molar-refractivity contribution < 1.29 is 35.9 Å². The first-order chi connectivity index (χ1) is 16.2. The zero-order chi connectivity index (χ0) is 24.4. The number of halogens is 5. The van der Waals surface area contributed by atoms with Gasteiger partial charge in [-0.15, -0.1) is 0 Å². The van der Waals surface area contributed by atoms with Gasteiger partial charge in [0.05, 0.1) is 12.1 Å². The predicted octanol–water partition coefficient (Wildman–Crippen LogP) is 5.36. The van der Waals surface area contributed by atoms with Gasteiger partial charge in [0.2, 0.25) is 5.82 Å². The topological polar surface area (TPSA) is 69.3 Å². The van der Waals surface area contributed by atoms with E-state index in [-0.39, 0.29) is 18.2 Å². The lowest BCUT2D eigenvalue weighted by Gasteiger charge is -2.08. The van der Waals surface area contributed by atoms with Gasteiger partial charge in [0.15, 0.2) is 34.8 Å². The molecule has 0 atom stereocenters. The molecule has 0 spiro atoms. The second-order valence-electron chi connectivity index (χ2n) is 7.22. The first-order valence-corrected chi connectivity index (χ1v) is 9.87. The quantitative estimate of drug-likeness (QED) is 0.221. The number of aryl methyl sites for hydroxylation is 1. The first kappa shape index (κ1) is 23.0. The fraction of sp³-hybridized carbons (Fsp3) is 0.130. The van der Waals surface area contributed by atoms with Gasteiger partial charge in [-0.3, -0.25) is 9.48 Å². The van der Waals surface area contributed by atoms with Crippen LogP contribution in [0, 0.1) is 36.0 Å². The van der Waals surface area contributed by atoms with Gasteiger partial charge >= 0.3 is 0 Å². The van der Waals surface area contributed by atoms with Crippen LogP contribution in [0.2, 0.25) is 0 Å². The van der Waals surface area contributed by atoms with E-state index in [0.29, 0.717) is 11.5 Å². The molecular formula is C23H16F5N3O3. The predicted molar refractivity (Wildman–Crippen MR) is 110 cm³/mol. The molecule has 2 aromatic heterocycles. The van der Waals surface area contributed by atoms with Gasteiger partial charge in [-0.25, -0.2) is 22.0 Å². The van der Waals surface area contributed by atoms with Crippen molar-refractivity contribution in [2.24, 2.45) is 0 Å². The highest BCUT2D eigenvalue weighted by molar-refractivity contribution is 6.01. The SMILES string of the molecule is Cc1ccccc1OCc1ccc(C(=O)Nc2ccn(Cc3c(F)c(F)c(F)c(F)c3F)n2)o1.